The van der Waals surface area contributed by atoms with Crippen LogP contribution in [0.4, 0.5) is 0 Å². The van der Waals surface area contributed by atoms with Gasteiger partial charge in [-0.1, -0.05) is 60.8 Å². The van der Waals surface area contributed by atoms with E-state index < -0.39 is 0 Å². The van der Waals surface area contributed by atoms with Gasteiger partial charge in [0, 0.05) is 11.3 Å². The lowest BCUT2D eigenvalue weighted by Crippen LogP contribution is -2.55. The van der Waals surface area contributed by atoms with Crippen LogP contribution in [0.3, 0.4) is 0 Å². The van der Waals surface area contributed by atoms with Gasteiger partial charge in [0.15, 0.2) is 0 Å². The van der Waals surface area contributed by atoms with Crippen molar-refractivity contribution >= 4 is 7.12 Å². The normalized spacial score (nSPS) is 43.5. The molecule has 0 aromatic rings. The molecule has 0 radical (unpaired) electrons. The maximum Gasteiger partial charge on any atom is 0.494 e. The van der Waals surface area contributed by atoms with Crippen molar-refractivity contribution in [2.45, 2.75) is 70.7 Å². The lowest BCUT2D eigenvalue weighted by molar-refractivity contribution is -0.0408. The van der Waals surface area contributed by atoms with E-state index in [1.54, 1.807) is 0 Å². The van der Waals surface area contributed by atoms with Crippen molar-refractivity contribution in [2.24, 2.45) is 35.0 Å². The molecule has 0 aromatic carbocycles. The summed E-state index contributed by atoms with van der Waals surface area (Å²) in [5, 5.41) is 0. The molecular formula is C31H37BO3. The molecule has 7 rings (SSSR count). The lowest BCUT2D eigenvalue weighted by Gasteiger charge is -2.56. The van der Waals surface area contributed by atoms with E-state index in [9.17, 15) is 0 Å². The van der Waals surface area contributed by atoms with Crippen LogP contribution in [0.2, 0.25) is 0 Å². The third kappa shape index (κ3) is 2.87. The molecule has 6 unspecified atom stereocenters. The summed E-state index contributed by atoms with van der Waals surface area (Å²) in [4.78, 5) is 0. The molecule has 4 heteroatoms. The second kappa shape index (κ2) is 7.49. The molecular weight excluding hydrogens is 431 g/mol. The third-order valence-electron chi connectivity index (χ3n) is 10.4. The Balaban J connectivity index is 1.38. The summed E-state index contributed by atoms with van der Waals surface area (Å²) in [5.41, 5.74) is 1.99. The molecule has 3 nitrogen and oxygen atoms in total. The maximum atomic E-state index is 6.98. The van der Waals surface area contributed by atoms with E-state index in [0.29, 0.717) is 29.6 Å². The van der Waals surface area contributed by atoms with Gasteiger partial charge in [0.25, 0.3) is 0 Å². The fraction of sp³-hybridized carbons (Fsp3) is 0.548. The zero-order chi connectivity index (χ0) is 24.0. The van der Waals surface area contributed by atoms with E-state index >= 15 is 0 Å². The van der Waals surface area contributed by atoms with Gasteiger partial charge in [0.1, 0.15) is 11.9 Å². The minimum absolute atomic E-state index is 0.0158. The first kappa shape index (κ1) is 22.2. The van der Waals surface area contributed by atoms with Crippen molar-refractivity contribution in [3.05, 3.63) is 83.6 Å². The minimum Gasteiger partial charge on any atom is -0.486 e. The smallest absolute Gasteiger partial charge is 0.486 e. The predicted molar refractivity (Wildman–Crippen MR) is 140 cm³/mol. The van der Waals surface area contributed by atoms with Gasteiger partial charge in [-0.25, -0.2) is 0 Å². The van der Waals surface area contributed by atoms with Crippen molar-refractivity contribution in [1.29, 1.82) is 0 Å². The van der Waals surface area contributed by atoms with Crippen LogP contribution in [0, 0.1) is 35.0 Å². The summed E-state index contributed by atoms with van der Waals surface area (Å²) in [5.74, 6) is 3.50. The van der Waals surface area contributed by atoms with Crippen LogP contribution in [0.1, 0.15) is 53.4 Å². The second-order valence-electron chi connectivity index (χ2n) is 12.5. The first-order valence-electron chi connectivity index (χ1n) is 13.7. The molecule has 2 heterocycles. The van der Waals surface area contributed by atoms with Crippen LogP contribution < -0.4 is 0 Å². The van der Waals surface area contributed by atoms with Crippen molar-refractivity contribution < 1.29 is 14.0 Å². The first-order valence-corrected chi connectivity index (χ1v) is 13.7. The molecule has 7 aliphatic rings. The van der Waals surface area contributed by atoms with Gasteiger partial charge in [-0.15, -0.1) is 0 Å². The summed E-state index contributed by atoms with van der Waals surface area (Å²) >= 11 is 0. The molecule has 3 fully saturated rings. The van der Waals surface area contributed by atoms with Crippen LogP contribution in [0.15, 0.2) is 83.6 Å². The Morgan fingerprint density at radius 3 is 2.00 bits per heavy atom. The number of allylic oxidation sites excluding steroid dienone is 12. The van der Waals surface area contributed by atoms with Crippen LogP contribution in [0.25, 0.3) is 0 Å². The Kier molecular flexibility index (Phi) is 4.75. The molecule has 1 spiro atoms. The topological polar surface area (TPSA) is 27.7 Å². The molecule has 5 aliphatic carbocycles. The summed E-state index contributed by atoms with van der Waals surface area (Å²) in [6.07, 6.45) is 30.7. The van der Waals surface area contributed by atoms with Crippen molar-refractivity contribution in [3.8, 4) is 0 Å². The maximum absolute atomic E-state index is 6.98. The summed E-state index contributed by atoms with van der Waals surface area (Å²) in [6.45, 7) is 8.58. The Labute approximate surface area is 210 Å². The van der Waals surface area contributed by atoms with E-state index in [0.717, 1.165) is 31.4 Å². The van der Waals surface area contributed by atoms with Gasteiger partial charge >= 0.3 is 7.12 Å². The van der Waals surface area contributed by atoms with E-state index in [4.69, 9.17) is 14.0 Å². The largest absolute Gasteiger partial charge is 0.494 e. The number of fused-ring (bicyclic) bond motifs is 9. The van der Waals surface area contributed by atoms with Gasteiger partial charge in [-0.3, -0.25) is 0 Å². The molecule has 0 amide bonds. The number of ether oxygens (including phenoxy) is 1. The molecule has 2 aliphatic heterocycles. The lowest BCUT2D eigenvalue weighted by atomic mass is 9.50. The number of hydrogen-bond donors (Lipinski definition) is 0. The Morgan fingerprint density at radius 2 is 1.34 bits per heavy atom. The molecule has 0 bridgehead atoms. The highest BCUT2D eigenvalue weighted by molar-refractivity contribution is 6.55. The average Bonchev–Trinajstić information content (AvgIpc) is 3.27. The summed E-state index contributed by atoms with van der Waals surface area (Å²) in [7, 11) is -0.351. The molecule has 35 heavy (non-hydrogen) atoms. The van der Waals surface area contributed by atoms with E-state index in [1.807, 2.05) is 0 Å². The zero-order valence-electron chi connectivity index (χ0n) is 21.4. The Hall–Kier alpha value is -2.04. The van der Waals surface area contributed by atoms with E-state index in [2.05, 4.69) is 94.5 Å². The Morgan fingerprint density at radius 1 is 0.743 bits per heavy atom. The van der Waals surface area contributed by atoms with Crippen LogP contribution >= 0.6 is 0 Å². The van der Waals surface area contributed by atoms with Crippen molar-refractivity contribution in [3.63, 3.8) is 0 Å². The third-order valence-corrected chi connectivity index (χ3v) is 10.4. The Bertz CT molecular complexity index is 1100. The standard InChI is InChI=1S/C31H37BO3/c1-29(2)30(3,4)35-32(34-29)26-18-11-17-25-28(26)33-27-19-10-9-16-24(27)31(25)22-14-7-5-12-20(22)21-13-6-8-15-23(21)31/h5-8,12-16,18-23,25,28H,9-11,17H2,1-4H3. The second-order valence-corrected chi connectivity index (χ2v) is 12.5. The summed E-state index contributed by atoms with van der Waals surface area (Å²) < 4.78 is 20.2. The number of hydrogen-bond acceptors (Lipinski definition) is 3. The number of rotatable bonds is 1. The monoisotopic (exact) mass is 468 g/mol. The van der Waals surface area contributed by atoms with E-state index in [1.165, 1.54) is 11.0 Å². The van der Waals surface area contributed by atoms with Crippen molar-refractivity contribution in [1.82, 2.24) is 0 Å². The molecule has 0 N–H and O–H groups in total. The molecule has 2 saturated heterocycles. The minimum atomic E-state index is -0.357. The van der Waals surface area contributed by atoms with Gasteiger partial charge in [0.05, 0.1) is 11.2 Å². The summed E-state index contributed by atoms with van der Waals surface area (Å²) in [6, 6.07) is 0. The molecule has 0 aromatic heterocycles. The van der Waals surface area contributed by atoms with Crippen molar-refractivity contribution in [2.75, 3.05) is 0 Å². The van der Waals surface area contributed by atoms with Gasteiger partial charge in [0.2, 0.25) is 0 Å². The first-order chi connectivity index (χ1) is 16.8. The fourth-order valence-corrected chi connectivity index (χ4v) is 8.28. The highest BCUT2D eigenvalue weighted by Crippen LogP contribution is 2.70. The average molecular weight is 468 g/mol. The fourth-order valence-electron chi connectivity index (χ4n) is 8.28. The molecule has 1 saturated carbocycles. The molecule has 6 atom stereocenters. The highest BCUT2D eigenvalue weighted by Gasteiger charge is 2.68. The quantitative estimate of drug-likeness (QED) is 0.402. The zero-order valence-corrected chi connectivity index (χ0v) is 21.4. The van der Waals surface area contributed by atoms with Crippen LogP contribution in [-0.2, 0) is 14.0 Å². The van der Waals surface area contributed by atoms with Gasteiger partial charge < -0.3 is 14.0 Å². The van der Waals surface area contributed by atoms with Gasteiger partial charge in [-0.05, 0) is 94.2 Å². The SMILES string of the molecule is CC1(C)OB(C2=CCCC3C2OC2=CCCC=C2C32C3C=CC=CC3C3C=CC=CC32)OC1(C)C. The van der Waals surface area contributed by atoms with Gasteiger partial charge in [-0.2, -0.15) is 0 Å². The molecule has 182 valence electrons. The van der Waals surface area contributed by atoms with E-state index in [-0.39, 0.29) is 29.8 Å². The van der Waals surface area contributed by atoms with Crippen LogP contribution in [0.5, 0.6) is 0 Å². The van der Waals surface area contributed by atoms with Crippen LogP contribution in [-0.4, -0.2) is 24.4 Å². The highest BCUT2D eigenvalue weighted by atomic mass is 16.7. The predicted octanol–water partition coefficient (Wildman–Crippen LogP) is 6.67.